The summed E-state index contributed by atoms with van der Waals surface area (Å²) in [6.45, 7) is 0. The number of pyridine rings is 1. The van der Waals surface area contributed by atoms with E-state index in [0.717, 1.165) is 5.56 Å². The maximum Gasteiger partial charge on any atom is 0.281 e. The smallest absolute Gasteiger partial charge is 0.234 e. The number of aromatic nitrogens is 1. The summed E-state index contributed by atoms with van der Waals surface area (Å²) < 4.78 is 25.0. The lowest BCUT2D eigenvalue weighted by Gasteiger charge is -2.05. The van der Waals surface area contributed by atoms with Gasteiger partial charge in [-0.2, -0.15) is 0 Å². The van der Waals surface area contributed by atoms with Gasteiger partial charge in [-0.25, -0.2) is 13.8 Å². The number of rotatable bonds is 2. The van der Waals surface area contributed by atoms with Gasteiger partial charge in [-0.1, -0.05) is 27.5 Å². The molecule has 0 saturated carbocycles. The fraction of sp³-hybridized carbons (Fsp3) is 0.286. The highest BCUT2D eigenvalue weighted by Gasteiger charge is 2.15. The molecule has 1 heterocycles. The van der Waals surface area contributed by atoms with Gasteiger partial charge in [0.25, 0.3) is 6.43 Å². The molecule has 0 aliphatic carbocycles. The van der Waals surface area contributed by atoms with Crippen LogP contribution in [0.3, 0.4) is 0 Å². The van der Waals surface area contributed by atoms with E-state index < -0.39 is 6.43 Å². The van der Waals surface area contributed by atoms with Crippen LogP contribution >= 0.6 is 50.1 Å². The van der Waals surface area contributed by atoms with Gasteiger partial charge in [0.05, 0.1) is 0 Å². The molecular formula is C7H4BrClF2IN. The molecule has 0 radical (unpaired) electrons. The summed E-state index contributed by atoms with van der Waals surface area (Å²) >= 11 is 10.7. The number of hydrogen-bond donors (Lipinski definition) is 0. The Labute approximate surface area is 101 Å². The Morgan fingerprint density at radius 3 is 2.69 bits per heavy atom. The van der Waals surface area contributed by atoms with Crippen LogP contribution in [0, 0.1) is 3.57 Å². The van der Waals surface area contributed by atoms with Crippen molar-refractivity contribution in [2.45, 2.75) is 11.8 Å². The zero-order valence-electron chi connectivity index (χ0n) is 6.20. The topological polar surface area (TPSA) is 12.9 Å². The molecule has 1 rings (SSSR count). The molecule has 6 heteroatoms. The van der Waals surface area contributed by atoms with E-state index in [2.05, 4.69) is 20.9 Å². The summed E-state index contributed by atoms with van der Waals surface area (Å²) in [5.74, 6) is 0. The molecule has 0 aromatic carbocycles. The number of alkyl halides is 3. The molecule has 1 aromatic heterocycles. The minimum Gasteiger partial charge on any atom is -0.234 e. The van der Waals surface area contributed by atoms with Crippen molar-refractivity contribution < 1.29 is 8.78 Å². The Morgan fingerprint density at radius 2 is 2.23 bits per heavy atom. The second-order valence-corrected chi connectivity index (χ2v) is 4.32. The van der Waals surface area contributed by atoms with Crippen LogP contribution in [0.2, 0.25) is 5.15 Å². The lowest BCUT2D eigenvalue weighted by molar-refractivity contribution is 0.145. The van der Waals surface area contributed by atoms with Crippen LogP contribution in [0.4, 0.5) is 8.78 Å². The van der Waals surface area contributed by atoms with Gasteiger partial charge >= 0.3 is 0 Å². The molecule has 1 aromatic rings. The SMILES string of the molecule is FC(F)c1nc(Cl)c(CBr)cc1I. The van der Waals surface area contributed by atoms with Crippen molar-refractivity contribution >= 4 is 50.1 Å². The van der Waals surface area contributed by atoms with Crippen LogP contribution in [0.5, 0.6) is 0 Å². The normalized spacial score (nSPS) is 10.9. The lowest BCUT2D eigenvalue weighted by atomic mass is 10.3. The fourth-order valence-electron chi connectivity index (χ4n) is 0.764. The Bertz CT molecular complexity index is 322. The Hall–Kier alpha value is 0.510. The van der Waals surface area contributed by atoms with Crippen molar-refractivity contribution in [3.8, 4) is 0 Å². The molecule has 0 aliphatic rings. The minimum absolute atomic E-state index is 0.132. The highest BCUT2D eigenvalue weighted by Crippen LogP contribution is 2.27. The van der Waals surface area contributed by atoms with Crippen LogP contribution in [0.1, 0.15) is 17.7 Å². The van der Waals surface area contributed by atoms with E-state index in [0.29, 0.717) is 8.90 Å². The van der Waals surface area contributed by atoms with Crippen molar-refractivity contribution in [3.63, 3.8) is 0 Å². The van der Waals surface area contributed by atoms with Crippen LogP contribution in [-0.2, 0) is 5.33 Å². The molecule has 13 heavy (non-hydrogen) atoms. The molecule has 0 saturated heterocycles. The summed E-state index contributed by atoms with van der Waals surface area (Å²) in [6.07, 6.45) is -2.58. The van der Waals surface area contributed by atoms with Crippen molar-refractivity contribution in [2.75, 3.05) is 0 Å². The van der Waals surface area contributed by atoms with Crippen LogP contribution in [0.15, 0.2) is 6.07 Å². The van der Waals surface area contributed by atoms with Crippen molar-refractivity contribution in [1.82, 2.24) is 4.98 Å². The molecule has 0 amide bonds. The first-order valence-corrected chi connectivity index (χ1v) is 5.83. The highest BCUT2D eigenvalue weighted by molar-refractivity contribution is 14.1. The maximum absolute atomic E-state index is 12.3. The number of nitrogens with zero attached hydrogens (tertiary/aromatic N) is 1. The van der Waals surface area contributed by atoms with E-state index in [4.69, 9.17) is 11.6 Å². The second-order valence-electron chi connectivity index (χ2n) is 2.24. The van der Waals surface area contributed by atoms with Gasteiger partial charge in [0, 0.05) is 14.5 Å². The quantitative estimate of drug-likeness (QED) is 0.425. The number of halogens is 5. The first-order chi connectivity index (χ1) is 6.06. The van der Waals surface area contributed by atoms with Gasteiger partial charge in [-0.3, -0.25) is 0 Å². The third-order valence-corrected chi connectivity index (χ3v) is 3.18. The third kappa shape index (κ3) is 2.73. The minimum atomic E-state index is -2.58. The standard InChI is InChI=1S/C7H4BrClF2IN/c8-2-3-1-4(12)5(7(10)11)13-6(3)9/h1,7H,2H2. The van der Waals surface area contributed by atoms with Gasteiger partial charge < -0.3 is 0 Å². The molecule has 1 nitrogen and oxygen atoms in total. The van der Waals surface area contributed by atoms with E-state index in [-0.39, 0.29) is 10.8 Å². The second kappa shape index (κ2) is 4.84. The Kier molecular flexibility index (Phi) is 4.31. The number of hydrogen-bond acceptors (Lipinski definition) is 1. The van der Waals surface area contributed by atoms with Crippen LogP contribution < -0.4 is 0 Å². The fourth-order valence-corrected chi connectivity index (χ4v) is 2.30. The first kappa shape index (κ1) is 11.6. The van der Waals surface area contributed by atoms with E-state index in [1.165, 1.54) is 0 Å². The van der Waals surface area contributed by atoms with Gasteiger partial charge in [0.2, 0.25) is 0 Å². The first-order valence-electron chi connectivity index (χ1n) is 3.25. The molecule has 0 atom stereocenters. The highest BCUT2D eigenvalue weighted by atomic mass is 127. The summed E-state index contributed by atoms with van der Waals surface area (Å²) in [5, 5.41) is 0.644. The summed E-state index contributed by atoms with van der Waals surface area (Å²) in [4.78, 5) is 3.62. The van der Waals surface area contributed by atoms with Gasteiger partial charge in [-0.15, -0.1) is 0 Å². The summed E-state index contributed by atoms with van der Waals surface area (Å²) in [6, 6.07) is 1.60. The maximum atomic E-state index is 12.3. The lowest BCUT2D eigenvalue weighted by Crippen LogP contribution is -1.97. The van der Waals surface area contributed by atoms with Crippen LogP contribution in [-0.4, -0.2) is 4.98 Å². The molecule has 0 spiro atoms. The Morgan fingerprint density at radius 1 is 1.62 bits per heavy atom. The van der Waals surface area contributed by atoms with Gasteiger partial charge in [0.1, 0.15) is 10.8 Å². The van der Waals surface area contributed by atoms with Gasteiger partial charge in [-0.05, 0) is 28.7 Å². The van der Waals surface area contributed by atoms with Gasteiger partial charge in [0.15, 0.2) is 0 Å². The average molecular weight is 382 g/mol. The summed E-state index contributed by atoms with van der Waals surface area (Å²) in [7, 11) is 0. The molecule has 0 fully saturated rings. The van der Waals surface area contributed by atoms with E-state index in [1.807, 2.05) is 22.6 Å². The molecule has 0 unspecified atom stereocenters. The van der Waals surface area contributed by atoms with E-state index >= 15 is 0 Å². The average Bonchev–Trinajstić information content (AvgIpc) is 2.07. The molecule has 0 aliphatic heterocycles. The predicted octanol–water partition coefficient (Wildman–Crippen LogP) is 4.17. The molecular weight excluding hydrogens is 378 g/mol. The molecule has 0 bridgehead atoms. The zero-order chi connectivity index (χ0) is 10.0. The molecule has 72 valence electrons. The predicted molar refractivity (Wildman–Crippen MR) is 59.6 cm³/mol. The van der Waals surface area contributed by atoms with E-state index in [9.17, 15) is 8.78 Å². The summed E-state index contributed by atoms with van der Waals surface area (Å²) in [5.41, 5.74) is 0.464. The zero-order valence-corrected chi connectivity index (χ0v) is 10.7. The Balaban J connectivity index is 3.20. The molecule has 0 N–H and O–H groups in total. The largest absolute Gasteiger partial charge is 0.281 e. The van der Waals surface area contributed by atoms with E-state index in [1.54, 1.807) is 6.07 Å². The van der Waals surface area contributed by atoms with Crippen LogP contribution in [0.25, 0.3) is 0 Å². The third-order valence-electron chi connectivity index (χ3n) is 1.38. The van der Waals surface area contributed by atoms with Crippen molar-refractivity contribution in [2.24, 2.45) is 0 Å². The van der Waals surface area contributed by atoms with Crippen molar-refractivity contribution in [3.05, 3.63) is 26.0 Å². The monoisotopic (exact) mass is 381 g/mol. The van der Waals surface area contributed by atoms with Crippen molar-refractivity contribution in [1.29, 1.82) is 0 Å².